The van der Waals surface area contributed by atoms with E-state index in [1.165, 1.54) is 0 Å². The second kappa shape index (κ2) is 7.51. The first kappa shape index (κ1) is 15.9. The number of aromatic nitrogens is 1. The van der Waals surface area contributed by atoms with Gasteiger partial charge in [0.1, 0.15) is 23.9 Å². The van der Waals surface area contributed by atoms with Gasteiger partial charge in [-0.15, -0.1) is 0 Å². The Kier molecular flexibility index (Phi) is 4.96. The molecule has 0 radical (unpaired) electrons. The average molecular weight is 321 g/mol. The summed E-state index contributed by atoms with van der Waals surface area (Å²) in [7, 11) is 3.31. The molecule has 0 aliphatic heterocycles. The SMILES string of the molecule is COc1ccc(-c2c(OC)cccc2OCc2ccccn2)cc1. The van der Waals surface area contributed by atoms with Crippen LogP contribution in [0.5, 0.6) is 17.2 Å². The molecule has 3 rings (SSSR count). The lowest BCUT2D eigenvalue weighted by Gasteiger charge is -2.15. The normalized spacial score (nSPS) is 10.2. The van der Waals surface area contributed by atoms with E-state index in [-0.39, 0.29) is 0 Å². The van der Waals surface area contributed by atoms with Crippen molar-refractivity contribution in [3.8, 4) is 28.4 Å². The van der Waals surface area contributed by atoms with E-state index in [9.17, 15) is 0 Å². The fraction of sp³-hybridized carbons (Fsp3) is 0.150. The monoisotopic (exact) mass is 321 g/mol. The first-order chi connectivity index (χ1) is 11.8. The largest absolute Gasteiger partial charge is 0.497 e. The Labute approximate surface area is 141 Å². The minimum Gasteiger partial charge on any atom is -0.497 e. The van der Waals surface area contributed by atoms with Crippen LogP contribution in [0, 0.1) is 0 Å². The molecule has 0 amide bonds. The fourth-order valence-electron chi connectivity index (χ4n) is 2.48. The summed E-state index contributed by atoms with van der Waals surface area (Å²) in [6.45, 7) is 0.400. The first-order valence-electron chi connectivity index (χ1n) is 7.66. The van der Waals surface area contributed by atoms with Gasteiger partial charge in [-0.2, -0.15) is 0 Å². The predicted octanol–water partition coefficient (Wildman–Crippen LogP) is 4.34. The molecule has 0 aliphatic rings. The molecule has 122 valence electrons. The van der Waals surface area contributed by atoms with E-state index < -0.39 is 0 Å². The van der Waals surface area contributed by atoms with E-state index in [1.54, 1.807) is 20.4 Å². The number of hydrogen-bond donors (Lipinski definition) is 0. The van der Waals surface area contributed by atoms with Crippen LogP contribution < -0.4 is 14.2 Å². The summed E-state index contributed by atoms with van der Waals surface area (Å²) in [5.74, 6) is 2.33. The third-order valence-electron chi connectivity index (χ3n) is 3.69. The van der Waals surface area contributed by atoms with Crippen LogP contribution in [-0.4, -0.2) is 19.2 Å². The van der Waals surface area contributed by atoms with E-state index in [1.807, 2.05) is 60.7 Å². The summed E-state index contributed by atoms with van der Waals surface area (Å²) in [6.07, 6.45) is 1.76. The molecule has 0 unspecified atom stereocenters. The zero-order valence-electron chi connectivity index (χ0n) is 13.7. The van der Waals surface area contributed by atoms with Crippen molar-refractivity contribution in [3.05, 3.63) is 72.6 Å². The number of rotatable bonds is 6. The van der Waals surface area contributed by atoms with Gasteiger partial charge in [0.15, 0.2) is 0 Å². The van der Waals surface area contributed by atoms with E-state index in [2.05, 4.69) is 4.98 Å². The highest BCUT2D eigenvalue weighted by atomic mass is 16.5. The highest BCUT2D eigenvalue weighted by Gasteiger charge is 2.13. The molecule has 2 aromatic carbocycles. The number of nitrogens with zero attached hydrogens (tertiary/aromatic N) is 1. The second-order valence-electron chi connectivity index (χ2n) is 5.17. The summed E-state index contributed by atoms with van der Waals surface area (Å²) in [6, 6.07) is 19.4. The van der Waals surface area contributed by atoms with Crippen molar-refractivity contribution in [2.24, 2.45) is 0 Å². The van der Waals surface area contributed by atoms with Crippen LogP contribution in [-0.2, 0) is 6.61 Å². The predicted molar refractivity (Wildman–Crippen MR) is 93.6 cm³/mol. The maximum atomic E-state index is 6.00. The van der Waals surface area contributed by atoms with Crippen molar-refractivity contribution in [2.75, 3.05) is 14.2 Å². The average Bonchev–Trinajstić information content (AvgIpc) is 2.67. The van der Waals surface area contributed by atoms with E-state index in [0.29, 0.717) is 6.61 Å². The maximum Gasteiger partial charge on any atom is 0.131 e. The van der Waals surface area contributed by atoms with E-state index in [0.717, 1.165) is 34.1 Å². The first-order valence-corrected chi connectivity index (χ1v) is 7.66. The Morgan fingerprint density at radius 2 is 1.58 bits per heavy atom. The molecule has 3 aromatic rings. The van der Waals surface area contributed by atoms with Crippen LogP contribution in [0.15, 0.2) is 66.9 Å². The standard InChI is InChI=1S/C20H19NO3/c1-22-17-11-9-15(10-12-17)20-18(23-2)7-5-8-19(20)24-14-16-6-3-4-13-21-16/h3-13H,14H2,1-2H3. The van der Waals surface area contributed by atoms with Gasteiger partial charge in [0, 0.05) is 6.20 Å². The molecule has 4 nitrogen and oxygen atoms in total. The van der Waals surface area contributed by atoms with E-state index in [4.69, 9.17) is 14.2 Å². The number of ether oxygens (including phenoxy) is 3. The Morgan fingerprint density at radius 3 is 2.25 bits per heavy atom. The number of benzene rings is 2. The second-order valence-corrected chi connectivity index (χ2v) is 5.17. The maximum absolute atomic E-state index is 6.00. The lowest BCUT2D eigenvalue weighted by Crippen LogP contribution is -2.00. The number of pyridine rings is 1. The van der Waals surface area contributed by atoms with Gasteiger partial charge in [-0.05, 0) is 42.0 Å². The lowest BCUT2D eigenvalue weighted by molar-refractivity contribution is 0.300. The zero-order valence-corrected chi connectivity index (χ0v) is 13.7. The molecule has 0 bridgehead atoms. The van der Waals surface area contributed by atoms with Gasteiger partial charge in [0.25, 0.3) is 0 Å². The van der Waals surface area contributed by atoms with Crippen molar-refractivity contribution in [1.29, 1.82) is 0 Å². The summed E-state index contributed by atoms with van der Waals surface area (Å²) < 4.78 is 16.8. The summed E-state index contributed by atoms with van der Waals surface area (Å²) in [4.78, 5) is 4.29. The Bertz CT molecular complexity index is 786. The van der Waals surface area contributed by atoms with Gasteiger partial charge < -0.3 is 14.2 Å². The van der Waals surface area contributed by atoms with Crippen molar-refractivity contribution < 1.29 is 14.2 Å². The number of methoxy groups -OCH3 is 2. The molecule has 0 saturated heterocycles. The molecule has 24 heavy (non-hydrogen) atoms. The van der Waals surface area contributed by atoms with Gasteiger partial charge >= 0.3 is 0 Å². The molecule has 1 heterocycles. The lowest BCUT2D eigenvalue weighted by atomic mass is 10.0. The molecule has 0 fully saturated rings. The van der Waals surface area contributed by atoms with Crippen LogP contribution in [0.25, 0.3) is 11.1 Å². The minimum atomic E-state index is 0.400. The smallest absolute Gasteiger partial charge is 0.131 e. The quantitative estimate of drug-likeness (QED) is 0.677. The highest BCUT2D eigenvalue weighted by molar-refractivity contribution is 5.77. The van der Waals surface area contributed by atoms with Gasteiger partial charge in [-0.3, -0.25) is 4.98 Å². The van der Waals surface area contributed by atoms with Crippen LogP contribution in [0.1, 0.15) is 5.69 Å². The van der Waals surface area contributed by atoms with Crippen LogP contribution >= 0.6 is 0 Å². The minimum absolute atomic E-state index is 0.400. The Morgan fingerprint density at radius 1 is 0.792 bits per heavy atom. The van der Waals surface area contributed by atoms with Crippen LogP contribution in [0.3, 0.4) is 0 Å². The van der Waals surface area contributed by atoms with Crippen molar-refractivity contribution in [3.63, 3.8) is 0 Å². The van der Waals surface area contributed by atoms with Gasteiger partial charge in [-0.1, -0.05) is 24.3 Å². The van der Waals surface area contributed by atoms with Gasteiger partial charge in [0.2, 0.25) is 0 Å². The Hall–Kier alpha value is -3.01. The van der Waals surface area contributed by atoms with Gasteiger partial charge in [-0.25, -0.2) is 0 Å². The van der Waals surface area contributed by atoms with E-state index >= 15 is 0 Å². The molecule has 0 aliphatic carbocycles. The van der Waals surface area contributed by atoms with Crippen LogP contribution in [0.4, 0.5) is 0 Å². The highest BCUT2D eigenvalue weighted by Crippen LogP contribution is 2.39. The summed E-state index contributed by atoms with van der Waals surface area (Å²) in [5.41, 5.74) is 2.80. The van der Waals surface area contributed by atoms with Gasteiger partial charge in [0.05, 0.1) is 25.5 Å². The molecule has 4 heteroatoms. The van der Waals surface area contributed by atoms with Crippen molar-refractivity contribution in [2.45, 2.75) is 6.61 Å². The summed E-state index contributed by atoms with van der Waals surface area (Å²) >= 11 is 0. The topological polar surface area (TPSA) is 40.6 Å². The van der Waals surface area contributed by atoms with Crippen molar-refractivity contribution in [1.82, 2.24) is 4.98 Å². The molecule has 0 saturated carbocycles. The summed E-state index contributed by atoms with van der Waals surface area (Å²) in [5, 5.41) is 0. The fourth-order valence-corrected chi connectivity index (χ4v) is 2.48. The molecule has 0 N–H and O–H groups in total. The third kappa shape index (κ3) is 3.49. The molecule has 0 spiro atoms. The third-order valence-corrected chi connectivity index (χ3v) is 3.69. The molecule has 1 aromatic heterocycles. The van der Waals surface area contributed by atoms with Crippen LogP contribution in [0.2, 0.25) is 0 Å². The molecule has 0 atom stereocenters. The zero-order chi connectivity index (χ0) is 16.8. The molecular weight excluding hydrogens is 302 g/mol. The Balaban J connectivity index is 1.93. The number of hydrogen-bond acceptors (Lipinski definition) is 4. The molecular formula is C20H19NO3. The van der Waals surface area contributed by atoms with Crippen molar-refractivity contribution >= 4 is 0 Å².